The first kappa shape index (κ1) is 32.2. The molecule has 41 heavy (non-hydrogen) atoms. The molecule has 8 heteroatoms. The Bertz CT molecular complexity index is 1520. The number of ether oxygens (including phenoxy) is 1. The van der Waals surface area contributed by atoms with Crippen molar-refractivity contribution in [3.8, 4) is 17.3 Å². The van der Waals surface area contributed by atoms with Gasteiger partial charge in [0.05, 0.1) is 40.9 Å². The van der Waals surface area contributed by atoms with Crippen LogP contribution in [0.15, 0.2) is 18.3 Å². The highest BCUT2D eigenvalue weighted by Crippen LogP contribution is 2.46. The molecule has 0 atom stereocenters. The van der Waals surface area contributed by atoms with Crippen LogP contribution in [0.4, 0.5) is 15.2 Å². The fourth-order valence-corrected chi connectivity index (χ4v) is 6.18. The van der Waals surface area contributed by atoms with E-state index in [1.807, 2.05) is 27.7 Å². The zero-order chi connectivity index (χ0) is 30.1. The van der Waals surface area contributed by atoms with Crippen molar-refractivity contribution in [1.29, 1.82) is 5.26 Å². The molecule has 1 aromatic carbocycles. The van der Waals surface area contributed by atoms with Gasteiger partial charge in [-0.05, 0) is 48.1 Å². The Labute approximate surface area is 248 Å². The second-order valence-electron chi connectivity index (χ2n) is 9.53. The number of fused-ring (bicyclic) bond motifs is 4. The summed E-state index contributed by atoms with van der Waals surface area (Å²) < 4.78 is 20.9. The molecule has 5 heterocycles. The number of benzene rings is 1. The van der Waals surface area contributed by atoms with Crippen molar-refractivity contribution in [2.45, 2.75) is 93.8 Å². The minimum Gasteiger partial charge on any atom is -0.389 e. The summed E-state index contributed by atoms with van der Waals surface area (Å²) in [7, 11) is 0. The van der Waals surface area contributed by atoms with E-state index in [0.717, 1.165) is 69.8 Å². The van der Waals surface area contributed by atoms with Crippen molar-refractivity contribution < 1.29 is 9.13 Å². The molecule has 6 rings (SSSR count). The van der Waals surface area contributed by atoms with E-state index in [4.69, 9.17) is 15.5 Å². The van der Waals surface area contributed by atoms with Crippen LogP contribution in [0.1, 0.15) is 96.4 Å². The van der Waals surface area contributed by atoms with Crippen molar-refractivity contribution in [3.05, 3.63) is 46.4 Å². The van der Waals surface area contributed by atoms with Crippen molar-refractivity contribution in [3.63, 3.8) is 0 Å². The normalized spacial score (nSPS) is 13.5. The molecule has 220 valence electrons. The van der Waals surface area contributed by atoms with Gasteiger partial charge in [0.1, 0.15) is 16.9 Å². The predicted octanol–water partition coefficient (Wildman–Crippen LogP) is 9.16. The number of thiophene rings is 1. The van der Waals surface area contributed by atoms with E-state index in [9.17, 15) is 9.65 Å². The van der Waals surface area contributed by atoms with E-state index in [1.54, 1.807) is 0 Å². The maximum Gasteiger partial charge on any atom is 0.159 e. The van der Waals surface area contributed by atoms with E-state index in [1.165, 1.54) is 31.9 Å². The number of pyridine rings is 2. The van der Waals surface area contributed by atoms with E-state index in [-0.39, 0.29) is 5.56 Å². The summed E-state index contributed by atoms with van der Waals surface area (Å²) in [4.78, 5) is 12.0. The van der Waals surface area contributed by atoms with Crippen molar-refractivity contribution in [1.82, 2.24) is 9.97 Å². The van der Waals surface area contributed by atoms with Crippen molar-refractivity contribution >= 4 is 43.1 Å². The molecular weight excluding hydrogens is 533 g/mol. The molecule has 0 bridgehead atoms. The number of unbranched alkanes of at least 4 members (excludes halogenated alkanes) is 1. The molecule has 2 N–H and O–H groups in total. The Kier molecular flexibility index (Phi) is 11.9. The average molecular weight is 578 g/mol. The van der Waals surface area contributed by atoms with Gasteiger partial charge in [0.2, 0.25) is 0 Å². The number of hydrogen-bond donors (Lipinski definition) is 1. The van der Waals surface area contributed by atoms with Gasteiger partial charge in [0.25, 0.3) is 0 Å². The first-order valence-corrected chi connectivity index (χ1v) is 15.9. The molecule has 2 aliphatic rings. The number of anilines is 2. The van der Waals surface area contributed by atoms with E-state index < -0.39 is 5.82 Å². The van der Waals surface area contributed by atoms with Gasteiger partial charge >= 0.3 is 0 Å². The Morgan fingerprint density at radius 1 is 1.05 bits per heavy atom. The molecule has 6 nitrogen and oxygen atoms in total. The maximum atomic E-state index is 14.7. The Morgan fingerprint density at radius 2 is 1.71 bits per heavy atom. The molecule has 1 saturated heterocycles. The van der Waals surface area contributed by atoms with Crippen LogP contribution < -0.4 is 10.6 Å². The molecule has 3 aromatic heterocycles. The smallest absolute Gasteiger partial charge is 0.159 e. The predicted molar refractivity (Wildman–Crippen MR) is 172 cm³/mol. The first-order chi connectivity index (χ1) is 20.0. The van der Waals surface area contributed by atoms with Crippen LogP contribution in [0.5, 0.6) is 0 Å². The zero-order valence-electron chi connectivity index (χ0n) is 25.7. The quantitative estimate of drug-likeness (QED) is 0.260. The fourth-order valence-electron chi connectivity index (χ4n) is 5.26. The SMILES string of the molecule is CC.CC.CCCC.CCc1c(-c2ncc(F)c3sc(N)c(C#N)c23)c2c(c3ccc(N4CCCC4)nc13)COC2. The zero-order valence-corrected chi connectivity index (χ0v) is 26.5. The van der Waals surface area contributed by atoms with E-state index >= 15 is 0 Å². The molecule has 0 unspecified atom stereocenters. The van der Waals surface area contributed by atoms with Gasteiger partial charge in [-0.3, -0.25) is 4.98 Å². The molecule has 1 fully saturated rings. The molecule has 0 saturated carbocycles. The summed E-state index contributed by atoms with van der Waals surface area (Å²) in [6.45, 7) is 17.4. The summed E-state index contributed by atoms with van der Waals surface area (Å²) in [5.74, 6) is 0.516. The van der Waals surface area contributed by atoms with E-state index in [0.29, 0.717) is 34.0 Å². The van der Waals surface area contributed by atoms with Gasteiger partial charge in [0, 0.05) is 29.4 Å². The number of aryl methyl sites for hydroxylation is 1. The van der Waals surface area contributed by atoms with Crippen LogP contribution in [-0.2, 0) is 24.4 Å². The van der Waals surface area contributed by atoms with Crippen LogP contribution in [0.2, 0.25) is 0 Å². The summed E-state index contributed by atoms with van der Waals surface area (Å²) >= 11 is 1.10. The van der Waals surface area contributed by atoms with Gasteiger partial charge in [-0.2, -0.15) is 5.26 Å². The fraction of sp³-hybridized carbons (Fsp3) is 0.485. The van der Waals surface area contributed by atoms with Gasteiger partial charge in [-0.25, -0.2) is 9.37 Å². The molecule has 4 aromatic rings. The van der Waals surface area contributed by atoms with Gasteiger partial charge in [-0.15, -0.1) is 11.3 Å². The molecule has 0 amide bonds. The third-order valence-electron chi connectivity index (χ3n) is 7.28. The van der Waals surface area contributed by atoms with Crippen LogP contribution in [0.3, 0.4) is 0 Å². The minimum atomic E-state index is -0.465. The Hall–Kier alpha value is -3.28. The Morgan fingerprint density at radius 3 is 2.32 bits per heavy atom. The third-order valence-corrected chi connectivity index (χ3v) is 8.31. The van der Waals surface area contributed by atoms with Crippen LogP contribution >= 0.6 is 11.3 Å². The summed E-state index contributed by atoms with van der Waals surface area (Å²) in [5, 5.41) is 11.7. The lowest BCUT2D eigenvalue weighted by atomic mass is 9.88. The highest BCUT2D eigenvalue weighted by atomic mass is 32.1. The van der Waals surface area contributed by atoms with E-state index in [2.05, 4.69) is 48.9 Å². The number of nitrogen functional groups attached to an aromatic ring is 1. The minimum absolute atomic E-state index is 0.283. The number of rotatable bonds is 4. The molecular formula is C33H44FN5OS. The van der Waals surface area contributed by atoms with Crippen molar-refractivity contribution in [2.24, 2.45) is 0 Å². The number of aromatic nitrogens is 2. The number of nitrogens with zero attached hydrogens (tertiary/aromatic N) is 4. The number of nitrogens with two attached hydrogens (primary N) is 1. The standard InChI is InChI=1S/C25H22FN5OS.C4H10.2C2H6/c1-2-13-20(23-21-15(9-27)25(28)33-24(21)18(26)10-29-23)17-12-32-11-16(17)14-5-6-19(30-22(13)14)31-7-3-4-8-31;1-3-4-2;2*1-2/h5-6,10H,2-4,7-8,11-12,28H2,1H3;3-4H2,1-2H3;2*1-2H3. The first-order valence-electron chi connectivity index (χ1n) is 15.1. The molecule has 2 aliphatic heterocycles. The molecule has 0 aliphatic carbocycles. The van der Waals surface area contributed by atoms with Gasteiger partial charge in [-0.1, -0.05) is 61.3 Å². The highest BCUT2D eigenvalue weighted by molar-refractivity contribution is 7.23. The monoisotopic (exact) mass is 577 g/mol. The second kappa shape index (κ2) is 15.1. The van der Waals surface area contributed by atoms with Gasteiger partial charge < -0.3 is 15.4 Å². The van der Waals surface area contributed by atoms with Crippen LogP contribution in [0, 0.1) is 17.1 Å². The van der Waals surface area contributed by atoms with Gasteiger partial charge in [0.15, 0.2) is 5.82 Å². The maximum absolute atomic E-state index is 14.7. The molecule has 0 radical (unpaired) electrons. The average Bonchev–Trinajstić information content (AvgIpc) is 3.79. The summed E-state index contributed by atoms with van der Waals surface area (Å²) in [6, 6.07) is 6.43. The Balaban J connectivity index is 0.000000525. The van der Waals surface area contributed by atoms with Crippen LogP contribution in [-0.4, -0.2) is 23.1 Å². The second-order valence-corrected chi connectivity index (χ2v) is 10.6. The molecule has 0 spiro atoms. The summed E-state index contributed by atoms with van der Waals surface area (Å²) in [6.07, 6.45) is 6.95. The third kappa shape index (κ3) is 6.17. The highest BCUT2D eigenvalue weighted by Gasteiger charge is 2.29. The number of hydrogen-bond acceptors (Lipinski definition) is 7. The topological polar surface area (TPSA) is 88.1 Å². The number of nitriles is 1. The lowest BCUT2D eigenvalue weighted by Gasteiger charge is -2.21. The largest absolute Gasteiger partial charge is 0.389 e. The number of halogens is 1. The van der Waals surface area contributed by atoms with Crippen LogP contribution in [0.25, 0.3) is 32.2 Å². The lowest BCUT2D eigenvalue weighted by Crippen LogP contribution is -2.19. The summed E-state index contributed by atoms with van der Waals surface area (Å²) in [5.41, 5.74) is 12.0. The lowest BCUT2D eigenvalue weighted by molar-refractivity contribution is 0.135. The van der Waals surface area contributed by atoms with Crippen molar-refractivity contribution in [2.75, 3.05) is 23.7 Å².